The van der Waals surface area contributed by atoms with E-state index in [1.54, 1.807) is 0 Å². The number of benzene rings is 2. The van der Waals surface area contributed by atoms with E-state index in [1.807, 2.05) is 24.3 Å². The number of nitrogens with one attached hydrogen (secondary N) is 1. The molecule has 1 heterocycles. The Balaban J connectivity index is 1.83. The maximum absolute atomic E-state index is 11.4. The zero-order valence-electron chi connectivity index (χ0n) is 14.4. The lowest BCUT2D eigenvalue weighted by molar-refractivity contribution is 0.308. The Morgan fingerprint density at radius 1 is 1.08 bits per heavy atom. The summed E-state index contributed by atoms with van der Waals surface area (Å²) in [6.45, 7) is 2.93. The van der Waals surface area contributed by atoms with Crippen LogP contribution in [0.2, 0.25) is 0 Å². The molecule has 3 aromatic rings. The van der Waals surface area contributed by atoms with Crippen molar-refractivity contribution >= 4 is 22.1 Å². The molecule has 0 saturated carbocycles. The maximum atomic E-state index is 11.4. The third kappa shape index (κ3) is 4.23. The fourth-order valence-electron chi connectivity index (χ4n) is 2.97. The summed E-state index contributed by atoms with van der Waals surface area (Å²) in [6, 6.07) is 12.1. The predicted molar refractivity (Wildman–Crippen MR) is 103 cm³/mol. The summed E-state index contributed by atoms with van der Waals surface area (Å²) in [5.41, 5.74) is 1.07. The number of hydrogen-bond acceptors (Lipinski definition) is 4. The van der Waals surface area contributed by atoms with Crippen LogP contribution in [0.1, 0.15) is 43.0 Å². The van der Waals surface area contributed by atoms with Crippen molar-refractivity contribution in [3.05, 3.63) is 56.5 Å². The van der Waals surface area contributed by atoms with E-state index in [-0.39, 0.29) is 10.8 Å². The Labute approximate surface area is 151 Å². The summed E-state index contributed by atoms with van der Waals surface area (Å²) in [5, 5.41) is 12.0. The first-order valence-corrected chi connectivity index (χ1v) is 9.55. The lowest BCUT2D eigenvalue weighted by Crippen LogP contribution is -1.99. The first-order valence-electron chi connectivity index (χ1n) is 8.73. The second-order valence-corrected chi connectivity index (χ2v) is 7.21. The van der Waals surface area contributed by atoms with Gasteiger partial charge in [0.2, 0.25) is 5.88 Å². The number of fused-ring (bicyclic) bond motifs is 1. The van der Waals surface area contributed by atoms with Crippen LogP contribution in [0.5, 0.6) is 11.6 Å². The van der Waals surface area contributed by atoms with Crippen molar-refractivity contribution in [3.8, 4) is 11.6 Å². The van der Waals surface area contributed by atoms with Gasteiger partial charge in [-0.3, -0.25) is 9.78 Å². The number of thiazole rings is 1. The molecule has 1 aromatic heterocycles. The second kappa shape index (κ2) is 8.21. The van der Waals surface area contributed by atoms with E-state index in [2.05, 4.69) is 24.0 Å². The average Bonchev–Trinajstić information content (AvgIpc) is 2.93. The fraction of sp³-hybridized carbons (Fsp3) is 0.350. The number of ether oxygens (including phenoxy) is 1. The van der Waals surface area contributed by atoms with Gasteiger partial charge in [0.15, 0.2) is 0 Å². The van der Waals surface area contributed by atoms with Crippen molar-refractivity contribution in [2.75, 3.05) is 6.61 Å². The first-order chi connectivity index (χ1) is 12.2. The summed E-state index contributed by atoms with van der Waals surface area (Å²) in [7, 11) is 0. The van der Waals surface area contributed by atoms with Crippen molar-refractivity contribution in [3.63, 3.8) is 0 Å². The van der Waals surface area contributed by atoms with Gasteiger partial charge in [0.05, 0.1) is 11.5 Å². The maximum Gasteiger partial charge on any atom is 0.307 e. The van der Waals surface area contributed by atoms with Crippen LogP contribution in [-0.2, 0) is 6.42 Å². The molecular weight excluding hydrogens is 334 g/mol. The lowest BCUT2D eigenvalue weighted by Gasteiger charge is -2.12. The van der Waals surface area contributed by atoms with Gasteiger partial charge in [-0.1, -0.05) is 67.9 Å². The monoisotopic (exact) mass is 357 g/mol. The largest absolute Gasteiger partial charge is 0.494 e. The van der Waals surface area contributed by atoms with Gasteiger partial charge in [-0.05, 0) is 23.4 Å². The van der Waals surface area contributed by atoms with Crippen LogP contribution in [0, 0.1) is 0 Å². The van der Waals surface area contributed by atoms with Gasteiger partial charge in [-0.25, -0.2) is 0 Å². The zero-order chi connectivity index (χ0) is 17.6. The van der Waals surface area contributed by atoms with Crippen LogP contribution >= 0.6 is 11.3 Å². The molecule has 25 heavy (non-hydrogen) atoms. The van der Waals surface area contributed by atoms with E-state index in [9.17, 15) is 9.90 Å². The van der Waals surface area contributed by atoms with Crippen molar-refractivity contribution in [1.82, 2.24) is 4.98 Å². The van der Waals surface area contributed by atoms with E-state index in [1.165, 1.54) is 19.3 Å². The summed E-state index contributed by atoms with van der Waals surface area (Å²) < 4.78 is 6.00. The molecule has 0 amide bonds. The Hall–Kier alpha value is -2.27. The van der Waals surface area contributed by atoms with E-state index in [0.717, 1.165) is 46.4 Å². The minimum absolute atomic E-state index is 0.0321. The quantitative estimate of drug-likeness (QED) is 0.567. The van der Waals surface area contributed by atoms with E-state index < -0.39 is 0 Å². The molecule has 2 aromatic carbocycles. The zero-order valence-corrected chi connectivity index (χ0v) is 15.2. The summed E-state index contributed by atoms with van der Waals surface area (Å²) in [5.74, 6) is 0.859. The number of unbranched alkanes of at least 4 members (excludes halogenated alkanes) is 3. The number of aromatic nitrogens is 1. The van der Waals surface area contributed by atoms with Gasteiger partial charge >= 0.3 is 4.87 Å². The lowest BCUT2D eigenvalue weighted by atomic mass is 10.0. The number of aromatic amines is 1. The predicted octanol–water partition coefficient (Wildman–Crippen LogP) is 4.85. The fourth-order valence-corrected chi connectivity index (χ4v) is 3.72. The smallest absolute Gasteiger partial charge is 0.307 e. The summed E-state index contributed by atoms with van der Waals surface area (Å²) in [6.07, 6.45) is 5.24. The molecule has 0 saturated heterocycles. The molecule has 0 aliphatic heterocycles. The van der Waals surface area contributed by atoms with Crippen LogP contribution < -0.4 is 9.61 Å². The molecule has 3 rings (SSSR count). The molecule has 0 fully saturated rings. The van der Waals surface area contributed by atoms with Crippen molar-refractivity contribution in [2.24, 2.45) is 0 Å². The molecule has 0 bridgehead atoms. The van der Waals surface area contributed by atoms with Gasteiger partial charge in [0, 0.05) is 11.8 Å². The van der Waals surface area contributed by atoms with Crippen molar-refractivity contribution in [1.29, 1.82) is 0 Å². The molecule has 0 aliphatic rings. The van der Waals surface area contributed by atoms with E-state index >= 15 is 0 Å². The SMILES string of the molecule is CCCCCCOc1ccc(Cc2sc(=O)[nH]c2O)c2ccccc12. The highest BCUT2D eigenvalue weighted by atomic mass is 32.1. The normalized spacial score (nSPS) is 11.1. The second-order valence-electron chi connectivity index (χ2n) is 6.14. The Kier molecular flexibility index (Phi) is 5.76. The van der Waals surface area contributed by atoms with Crippen molar-refractivity contribution in [2.45, 2.75) is 39.0 Å². The minimum atomic E-state index is -0.233. The highest BCUT2D eigenvalue weighted by Crippen LogP contribution is 2.31. The Morgan fingerprint density at radius 2 is 1.88 bits per heavy atom. The first kappa shape index (κ1) is 17.5. The van der Waals surface area contributed by atoms with Crippen LogP contribution in [-0.4, -0.2) is 16.7 Å². The molecule has 0 unspecified atom stereocenters. The summed E-state index contributed by atoms with van der Waals surface area (Å²) in [4.78, 5) is 14.2. The average molecular weight is 357 g/mol. The molecule has 0 radical (unpaired) electrons. The molecule has 5 heteroatoms. The third-order valence-corrected chi connectivity index (χ3v) is 5.15. The molecule has 0 aliphatic carbocycles. The van der Waals surface area contributed by atoms with Gasteiger partial charge < -0.3 is 9.84 Å². The Bertz CT molecular complexity index is 897. The molecule has 4 nitrogen and oxygen atoms in total. The minimum Gasteiger partial charge on any atom is -0.494 e. The van der Waals surface area contributed by atoms with Crippen LogP contribution in [0.25, 0.3) is 10.8 Å². The topological polar surface area (TPSA) is 62.3 Å². The third-order valence-electron chi connectivity index (χ3n) is 4.28. The standard InChI is InChI=1S/C20H23NO3S/c1-2-3-4-7-12-24-17-11-10-14(15-8-5-6-9-16(15)17)13-18-19(22)21-20(23)25-18/h5-6,8-11,22H,2-4,7,12-13H2,1H3,(H,21,23). The van der Waals surface area contributed by atoms with Gasteiger partial charge in [-0.2, -0.15) is 0 Å². The number of hydrogen-bond donors (Lipinski definition) is 2. The summed E-state index contributed by atoms with van der Waals surface area (Å²) >= 11 is 1.05. The van der Waals surface area contributed by atoms with E-state index in [4.69, 9.17) is 4.74 Å². The van der Waals surface area contributed by atoms with Crippen LogP contribution in [0.4, 0.5) is 0 Å². The highest BCUT2D eigenvalue weighted by molar-refractivity contribution is 7.09. The molecule has 0 atom stereocenters. The van der Waals surface area contributed by atoms with Crippen molar-refractivity contribution < 1.29 is 9.84 Å². The molecular formula is C20H23NO3S. The van der Waals surface area contributed by atoms with Gasteiger partial charge in [0.1, 0.15) is 5.75 Å². The number of H-pyrrole nitrogens is 1. The van der Waals surface area contributed by atoms with E-state index in [0.29, 0.717) is 11.3 Å². The van der Waals surface area contributed by atoms with Crippen LogP contribution in [0.3, 0.4) is 0 Å². The molecule has 2 N–H and O–H groups in total. The van der Waals surface area contributed by atoms with Gasteiger partial charge in [0.25, 0.3) is 0 Å². The molecule has 0 spiro atoms. The highest BCUT2D eigenvalue weighted by Gasteiger charge is 2.12. The van der Waals surface area contributed by atoms with Gasteiger partial charge in [-0.15, -0.1) is 0 Å². The van der Waals surface area contributed by atoms with Crippen LogP contribution in [0.15, 0.2) is 41.2 Å². The number of aromatic hydroxyl groups is 1. The Morgan fingerprint density at radius 3 is 2.60 bits per heavy atom. The number of rotatable bonds is 8. The molecule has 132 valence electrons.